The number of nitrogens with one attached hydrogen (secondary N) is 1. The van der Waals surface area contributed by atoms with E-state index in [1.54, 1.807) is 37.4 Å². The summed E-state index contributed by atoms with van der Waals surface area (Å²) in [5.74, 6) is -12.2. The summed E-state index contributed by atoms with van der Waals surface area (Å²) in [6, 6.07) is 7.80. The summed E-state index contributed by atoms with van der Waals surface area (Å²) in [5.41, 5.74) is -5.74. The average Bonchev–Trinajstić information content (AvgIpc) is 2.75. The second-order valence-electron chi connectivity index (χ2n) is 8.51. The van der Waals surface area contributed by atoms with E-state index < -0.39 is 64.1 Å². The molecule has 0 unspecified atom stereocenters. The molecule has 2 atom stereocenters. The molecule has 2 aromatic carbocycles. The first kappa shape index (κ1) is 25.5. The molecule has 1 fully saturated rings. The number of hydrogen-bond donors (Lipinski definition) is 1. The number of benzene rings is 2. The maximum Gasteiger partial charge on any atom is 0.422 e. The number of rotatable bonds is 6. The highest BCUT2D eigenvalue weighted by Gasteiger charge is 2.55. The van der Waals surface area contributed by atoms with Gasteiger partial charge in [-0.25, -0.2) is 22.4 Å². The van der Waals surface area contributed by atoms with E-state index in [0.717, 1.165) is 0 Å². The minimum atomic E-state index is -5.71. The van der Waals surface area contributed by atoms with Gasteiger partial charge in [-0.15, -0.1) is 0 Å². The largest absolute Gasteiger partial charge is 0.458 e. The van der Waals surface area contributed by atoms with E-state index in [1.807, 2.05) is 0 Å². The Morgan fingerprint density at radius 1 is 1.03 bits per heavy atom. The molecule has 11 heteroatoms. The number of hydrogen-bond acceptors (Lipinski definition) is 3. The van der Waals surface area contributed by atoms with Gasteiger partial charge in [-0.05, 0) is 37.3 Å². The van der Waals surface area contributed by atoms with Crippen molar-refractivity contribution in [3.63, 3.8) is 0 Å². The van der Waals surface area contributed by atoms with E-state index in [0.29, 0.717) is 0 Å². The van der Waals surface area contributed by atoms with Crippen LogP contribution < -0.4 is 5.32 Å². The minimum absolute atomic E-state index is 0.0698. The molecule has 1 N–H and O–H groups in total. The lowest BCUT2D eigenvalue weighted by atomic mass is 9.61. The third-order valence-corrected chi connectivity index (χ3v) is 5.74. The second-order valence-corrected chi connectivity index (χ2v) is 8.51. The van der Waals surface area contributed by atoms with Crippen LogP contribution >= 0.6 is 0 Å². The Morgan fingerprint density at radius 2 is 1.59 bits per heavy atom. The van der Waals surface area contributed by atoms with Gasteiger partial charge in [0.15, 0.2) is 23.3 Å². The Kier molecular flexibility index (Phi) is 6.95. The summed E-state index contributed by atoms with van der Waals surface area (Å²) in [5, 5.41) is 1.70. The quantitative estimate of drug-likeness (QED) is 0.295. The van der Waals surface area contributed by atoms with Gasteiger partial charge in [-0.2, -0.15) is 13.2 Å². The van der Waals surface area contributed by atoms with Gasteiger partial charge < -0.3 is 10.1 Å². The summed E-state index contributed by atoms with van der Waals surface area (Å²) in [7, 11) is 0. The molecule has 34 heavy (non-hydrogen) atoms. The highest BCUT2D eigenvalue weighted by atomic mass is 19.4. The third-order valence-electron chi connectivity index (χ3n) is 5.74. The molecule has 0 spiro atoms. The number of esters is 1. The Morgan fingerprint density at radius 3 is 2.03 bits per heavy atom. The normalized spacial score (nSPS) is 20.1. The summed E-state index contributed by atoms with van der Waals surface area (Å²) < 4.78 is 100. The fourth-order valence-corrected chi connectivity index (χ4v) is 4.10. The summed E-state index contributed by atoms with van der Waals surface area (Å²) in [6.45, 7) is 3.45. The lowest BCUT2D eigenvalue weighted by molar-refractivity contribution is -0.148. The molecule has 1 aliphatic rings. The summed E-state index contributed by atoms with van der Waals surface area (Å²) in [4.78, 5) is 25.5. The third kappa shape index (κ3) is 4.60. The van der Waals surface area contributed by atoms with Crippen LogP contribution in [-0.4, -0.2) is 18.0 Å². The van der Waals surface area contributed by atoms with Crippen LogP contribution in [0, 0.1) is 34.6 Å². The van der Waals surface area contributed by atoms with Crippen molar-refractivity contribution in [3.05, 3.63) is 64.7 Å². The van der Waals surface area contributed by atoms with Gasteiger partial charge in [0.25, 0.3) is 0 Å². The van der Waals surface area contributed by atoms with Gasteiger partial charge in [-0.1, -0.05) is 32.0 Å². The zero-order valence-corrected chi connectivity index (χ0v) is 18.0. The standard InChI is InChI=1S/C23H20F7NO3/c1-11(2)10-22(9-8-13(22)34-20(32)12-6-4-3-5-7-12)21(33)31-19-17(26)15(24)14(23(28,29)30)16(25)18(19)27/h3-7,11,13H,8-10H2,1-2H3,(H,31,33)/t13-,22-/m0/s1. The molecule has 184 valence electrons. The van der Waals surface area contributed by atoms with Crippen molar-refractivity contribution in [2.24, 2.45) is 11.3 Å². The monoisotopic (exact) mass is 491 g/mol. The molecule has 1 aliphatic carbocycles. The SMILES string of the molecule is CC(C)C[C@@]1(C(=O)Nc2c(F)c(F)c(C(F)(F)F)c(F)c2F)CC[C@@H]1OC(=O)c1ccccc1. The zero-order chi connectivity index (χ0) is 25.4. The van der Waals surface area contributed by atoms with E-state index in [-0.39, 0.29) is 30.7 Å². The van der Waals surface area contributed by atoms with Gasteiger partial charge in [-0.3, -0.25) is 4.79 Å². The molecule has 0 saturated heterocycles. The van der Waals surface area contributed by atoms with Crippen molar-refractivity contribution in [3.8, 4) is 0 Å². The van der Waals surface area contributed by atoms with E-state index in [4.69, 9.17) is 4.74 Å². The van der Waals surface area contributed by atoms with E-state index in [1.165, 1.54) is 12.1 Å². The number of halogens is 7. The Bertz CT molecular complexity index is 1070. The number of amides is 1. The summed E-state index contributed by atoms with van der Waals surface area (Å²) in [6.07, 6.45) is -6.33. The first-order chi connectivity index (χ1) is 15.8. The molecule has 1 saturated carbocycles. The predicted octanol–water partition coefficient (Wildman–Crippen LogP) is 6.25. The highest BCUT2D eigenvalue weighted by Crippen LogP contribution is 2.49. The molecule has 0 aromatic heterocycles. The fourth-order valence-electron chi connectivity index (χ4n) is 4.10. The molecule has 1 amide bonds. The van der Waals surface area contributed by atoms with Crippen molar-refractivity contribution in [2.75, 3.05) is 5.32 Å². The molecule has 2 aromatic rings. The topological polar surface area (TPSA) is 55.4 Å². The van der Waals surface area contributed by atoms with Gasteiger partial charge in [0.2, 0.25) is 5.91 Å². The Balaban J connectivity index is 1.94. The van der Waals surface area contributed by atoms with E-state index in [2.05, 4.69) is 0 Å². The Labute approximate surface area is 190 Å². The van der Waals surface area contributed by atoms with Crippen LogP contribution in [0.3, 0.4) is 0 Å². The fraction of sp³-hybridized carbons (Fsp3) is 0.391. The minimum Gasteiger partial charge on any atom is -0.458 e. The number of anilines is 1. The molecule has 0 bridgehead atoms. The average molecular weight is 491 g/mol. The van der Waals surface area contributed by atoms with Crippen molar-refractivity contribution in [2.45, 2.75) is 45.4 Å². The van der Waals surface area contributed by atoms with Crippen molar-refractivity contribution in [1.29, 1.82) is 0 Å². The van der Waals surface area contributed by atoms with Crippen molar-refractivity contribution < 1.29 is 45.1 Å². The maximum absolute atomic E-state index is 14.3. The van der Waals surface area contributed by atoms with Gasteiger partial charge in [0, 0.05) is 0 Å². The lowest BCUT2D eigenvalue weighted by Crippen LogP contribution is -2.55. The molecule has 0 aliphatic heterocycles. The molecular formula is C23H20F7NO3. The van der Waals surface area contributed by atoms with Crippen LogP contribution in [0.1, 0.15) is 49.0 Å². The van der Waals surface area contributed by atoms with E-state index in [9.17, 15) is 40.3 Å². The first-order valence-electron chi connectivity index (χ1n) is 10.3. The van der Waals surface area contributed by atoms with Crippen LogP contribution in [-0.2, 0) is 15.7 Å². The zero-order valence-electron chi connectivity index (χ0n) is 18.0. The predicted molar refractivity (Wildman–Crippen MR) is 107 cm³/mol. The van der Waals surface area contributed by atoms with Crippen LogP contribution in [0.15, 0.2) is 30.3 Å². The number of alkyl halides is 3. The van der Waals surface area contributed by atoms with Crippen LogP contribution in [0.2, 0.25) is 0 Å². The maximum atomic E-state index is 14.3. The van der Waals surface area contributed by atoms with Crippen LogP contribution in [0.25, 0.3) is 0 Å². The molecular weight excluding hydrogens is 471 g/mol. The first-order valence-corrected chi connectivity index (χ1v) is 10.3. The molecule has 0 radical (unpaired) electrons. The Hall–Kier alpha value is -3.11. The van der Waals surface area contributed by atoms with Crippen LogP contribution in [0.4, 0.5) is 36.4 Å². The van der Waals surface area contributed by atoms with E-state index >= 15 is 0 Å². The van der Waals surface area contributed by atoms with Gasteiger partial charge >= 0.3 is 12.1 Å². The van der Waals surface area contributed by atoms with Crippen molar-refractivity contribution in [1.82, 2.24) is 0 Å². The molecule has 3 rings (SSSR count). The number of carbonyl (C=O) groups is 2. The lowest BCUT2D eigenvalue weighted by Gasteiger charge is -2.48. The molecule has 0 heterocycles. The number of ether oxygens (including phenoxy) is 1. The van der Waals surface area contributed by atoms with Crippen LogP contribution in [0.5, 0.6) is 0 Å². The smallest absolute Gasteiger partial charge is 0.422 e. The van der Waals surface area contributed by atoms with Crippen molar-refractivity contribution >= 4 is 17.6 Å². The highest BCUT2D eigenvalue weighted by molar-refractivity contribution is 5.97. The second kappa shape index (κ2) is 9.27. The molecule has 4 nitrogen and oxygen atoms in total. The van der Waals surface area contributed by atoms with Gasteiger partial charge in [0.1, 0.15) is 17.4 Å². The van der Waals surface area contributed by atoms with Gasteiger partial charge in [0.05, 0.1) is 11.0 Å². The summed E-state index contributed by atoms with van der Waals surface area (Å²) >= 11 is 0. The number of carbonyl (C=O) groups excluding carboxylic acids is 2.